The summed E-state index contributed by atoms with van der Waals surface area (Å²) in [6.45, 7) is 4.66. The third-order valence-corrected chi connectivity index (χ3v) is 2.86. The Hall–Kier alpha value is -2.23. The van der Waals surface area contributed by atoms with E-state index >= 15 is 0 Å². The molecule has 2 rings (SSSR count). The van der Waals surface area contributed by atoms with Gasteiger partial charge < -0.3 is 14.8 Å². The van der Waals surface area contributed by atoms with Crippen molar-refractivity contribution in [3.63, 3.8) is 0 Å². The monoisotopic (exact) mass is 272 g/mol. The summed E-state index contributed by atoms with van der Waals surface area (Å²) in [5.41, 5.74) is 0.994. The number of benzene rings is 1. The van der Waals surface area contributed by atoms with E-state index in [1.807, 2.05) is 56.3 Å². The van der Waals surface area contributed by atoms with E-state index in [0.29, 0.717) is 6.54 Å². The van der Waals surface area contributed by atoms with Crippen LogP contribution in [0.15, 0.2) is 42.5 Å². The summed E-state index contributed by atoms with van der Waals surface area (Å²) in [6.07, 6.45) is 0.00797. The van der Waals surface area contributed by atoms with Gasteiger partial charge in [-0.2, -0.15) is 0 Å². The number of pyridine rings is 1. The Labute approximate surface area is 119 Å². The van der Waals surface area contributed by atoms with Gasteiger partial charge in [-0.25, -0.2) is 4.98 Å². The van der Waals surface area contributed by atoms with Crippen molar-refractivity contribution in [1.29, 1.82) is 0 Å². The van der Waals surface area contributed by atoms with Crippen LogP contribution in [-0.2, 0) is 0 Å². The first-order valence-corrected chi connectivity index (χ1v) is 6.66. The summed E-state index contributed by atoms with van der Waals surface area (Å²) >= 11 is 0. The molecule has 0 aliphatic heterocycles. The van der Waals surface area contributed by atoms with Crippen LogP contribution in [0.3, 0.4) is 0 Å². The van der Waals surface area contributed by atoms with E-state index in [-0.39, 0.29) is 6.10 Å². The van der Waals surface area contributed by atoms with Gasteiger partial charge in [0.05, 0.1) is 13.7 Å². The molecule has 0 spiro atoms. The van der Waals surface area contributed by atoms with Crippen LogP contribution < -0.4 is 14.8 Å². The molecule has 0 bridgehead atoms. The van der Waals surface area contributed by atoms with E-state index in [9.17, 15) is 0 Å². The van der Waals surface area contributed by atoms with Gasteiger partial charge in [-0.15, -0.1) is 0 Å². The minimum atomic E-state index is 0.00797. The molecule has 0 aliphatic carbocycles. The Morgan fingerprint density at radius 2 is 1.85 bits per heavy atom. The van der Waals surface area contributed by atoms with Gasteiger partial charge in [-0.3, -0.25) is 0 Å². The maximum atomic E-state index is 5.87. The standard InChI is InChI=1S/C16H20N2O2/c1-12-7-6-10-16(18-12)17-11-13(2)20-15-9-5-4-8-14(15)19-3/h4-10,13H,11H2,1-3H3,(H,17,18). The number of aromatic nitrogens is 1. The van der Waals surface area contributed by atoms with Gasteiger partial charge in [-0.1, -0.05) is 18.2 Å². The quantitative estimate of drug-likeness (QED) is 0.876. The largest absolute Gasteiger partial charge is 0.493 e. The molecule has 0 aliphatic rings. The molecular weight excluding hydrogens is 252 g/mol. The SMILES string of the molecule is COc1ccccc1OC(C)CNc1cccc(C)n1. The molecule has 1 aromatic heterocycles. The van der Waals surface area contributed by atoms with Crippen molar-refractivity contribution >= 4 is 5.82 Å². The van der Waals surface area contributed by atoms with Gasteiger partial charge in [-0.05, 0) is 38.1 Å². The smallest absolute Gasteiger partial charge is 0.161 e. The normalized spacial score (nSPS) is 11.8. The molecule has 1 heterocycles. The molecule has 20 heavy (non-hydrogen) atoms. The van der Waals surface area contributed by atoms with Crippen LogP contribution in [0.1, 0.15) is 12.6 Å². The lowest BCUT2D eigenvalue weighted by molar-refractivity contribution is 0.223. The third-order valence-electron chi connectivity index (χ3n) is 2.86. The van der Waals surface area contributed by atoms with Crippen molar-refractivity contribution in [3.05, 3.63) is 48.2 Å². The molecule has 1 N–H and O–H groups in total. The summed E-state index contributed by atoms with van der Waals surface area (Å²) in [7, 11) is 1.64. The van der Waals surface area contributed by atoms with Crippen LogP contribution in [-0.4, -0.2) is 24.7 Å². The Kier molecular flexibility index (Phi) is 4.82. The van der Waals surface area contributed by atoms with E-state index in [2.05, 4.69) is 10.3 Å². The number of hydrogen-bond donors (Lipinski definition) is 1. The van der Waals surface area contributed by atoms with Crippen molar-refractivity contribution < 1.29 is 9.47 Å². The molecule has 106 valence electrons. The Morgan fingerprint density at radius 1 is 1.10 bits per heavy atom. The number of anilines is 1. The minimum Gasteiger partial charge on any atom is -0.493 e. The van der Waals surface area contributed by atoms with Gasteiger partial charge in [0.25, 0.3) is 0 Å². The maximum Gasteiger partial charge on any atom is 0.161 e. The highest BCUT2D eigenvalue weighted by atomic mass is 16.5. The first-order chi connectivity index (χ1) is 9.69. The van der Waals surface area contributed by atoms with Gasteiger partial charge in [0.1, 0.15) is 11.9 Å². The molecular formula is C16H20N2O2. The molecule has 0 saturated carbocycles. The van der Waals surface area contributed by atoms with Gasteiger partial charge >= 0.3 is 0 Å². The fourth-order valence-electron chi connectivity index (χ4n) is 1.86. The number of para-hydroxylation sites is 2. The summed E-state index contributed by atoms with van der Waals surface area (Å²) in [6, 6.07) is 13.5. The van der Waals surface area contributed by atoms with E-state index in [0.717, 1.165) is 23.0 Å². The Morgan fingerprint density at radius 3 is 2.55 bits per heavy atom. The lowest BCUT2D eigenvalue weighted by Crippen LogP contribution is -2.23. The molecule has 0 radical (unpaired) electrons. The fourth-order valence-corrected chi connectivity index (χ4v) is 1.86. The Bertz CT molecular complexity index is 558. The van der Waals surface area contributed by atoms with Crippen molar-refractivity contribution in [2.24, 2.45) is 0 Å². The van der Waals surface area contributed by atoms with Crippen molar-refractivity contribution in [2.75, 3.05) is 19.0 Å². The van der Waals surface area contributed by atoms with Crippen molar-refractivity contribution in [3.8, 4) is 11.5 Å². The number of nitrogens with zero attached hydrogens (tertiary/aromatic N) is 1. The average Bonchev–Trinajstić information content (AvgIpc) is 2.46. The van der Waals surface area contributed by atoms with Crippen molar-refractivity contribution in [1.82, 2.24) is 4.98 Å². The number of nitrogens with one attached hydrogen (secondary N) is 1. The fraction of sp³-hybridized carbons (Fsp3) is 0.312. The van der Waals surface area contributed by atoms with Gasteiger partial charge in [0, 0.05) is 5.69 Å². The maximum absolute atomic E-state index is 5.87. The first kappa shape index (κ1) is 14.2. The highest BCUT2D eigenvalue weighted by Gasteiger charge is 2.08. The lowest BCUT2D eigenvalue weighted by Gasteiger charge is -2.17. The number of rotatable bonds is 6. The summed E-state index contributed by atoms with van der Waals surface area (Å²) in [4.78, 5) is 4.39. The summed E-state index contributed by atoms with van der Waals surface area (Å²) in [5, 5.41) is 3.27. The van der Waals surface area contributed by atoms with E-state index in [1.165, 1.54) is 0 Å². The van der Waals surface area contributed by atoms with Gasteiger partial charge in [0.15, 0.2) is 11.5 Å². The average molecular weight is 272 g/mol. The van der Waals surface area contributed by atoms with E-state index in [1.54, 1.807) is 7.11 Å². The number of hydrogen-bond acceptors (Lipinski definition) is 4. The minimum absolute atomic E-state index is 0.00797. The molecule has 0 saturated heterocycles. The lowest BCUT2D eigenvalue weighted by atomic mass is 10.3. The topological polar surface area (TPSA) is 43.4 Å². The second kappa shape index (κ2) is 6.80. The predicted octanol–water partition coefficient (Wildman–Crippen LogP) is 3.28. The molecule has 0 amide bonds. The number of ether oxygens (including phenoxy) is 2. The highest BCUT2D eigenvalue weighted by Crippen LogP contribution is 2.26. The van der Waals surface area contributed by atoms with E-state index < -0.39 is 0 Å². The van der Waals surface area contributed by atoms with Gasteiger partial charge in [0.2, 0.25) is 0 Å². The third kappa shape index (κ3) is 3.88. The zero-order valence-electron chi connectivity index (χ0n) is 12.1. The summed E-state index contributed by atoms with van der Waals surface area (Å²) < 4.78 is 11.1. The Balaban J connectivity index is 1.91. The van der Waals surface area contributed by atoms with Crippen LogP contribution in [0, 0.1) is 6.92 Å². The zero-order valence-corrected chi connectivity index (χ0v) is 12.1. The molecule has 1 unspecified atom stereocenters. The molecule has 1 atom stereocenters. The molecule has 0 fully saturated rings. The molecule has 1 aromatic carbocycles. The van der Waals surface area contributed by atoms with Crippen LogP contribution in [0.25, 0.3) is 0 Å². The predicted molar refractivity (Wildman–Crippen MR) is 80.5 cm³/mol. The van der Waals surface area contributed by atoms with E-state index in [4.69, 9.17) is 9.47 Å². The van der Waals surface area contributed by atoms with Crippen LogP contribution in [0.4, 0.5) is 5.82 Å². The molecule has 4 heteroatoms. The number of methoxy groups -OCH3 is 1. The molecule has 4 nitrogen and oxygen atoms in total. The first-order valence-electron chi connectivity index (χ1n) is 6.66. The second-order valence-corrected chi connectivity index (χ2v) is 4.62. The highest BCUT2D eigenvalue weighted by molar-refractivity contribution is 5.40. The van der Waals surface area contributed by atoms with Crippen LogP contribution in [0.5, 0.6) is 11.5 Å². The summed E-state index contributed by atoms with van der Waals surface area (Å²) in [5.74, 6) is 2.36. The van der Waals surface area contributed by atoms with Crippen LogP contribution in [0.2, 0.25) is 0 Å². The zero-order chi connectivity index (χ0) is 14.4. The second-order valence-electron chi connectivity index (χ2n) is 4.62. The molecule has 2 aromatic rings. The number of aryl methyl sites for hydroxylation is 1. The van der Waals surface area contributed by atoms with Crippen molar-refractivity contribution in [2.45, 2.75) is 20.0 Å². The van der Waals surface area contributed by atoms with Crippen LogP contribution >= 0.6 is 0 Å².